The molecule has 0 aromatic carbocycles. The van der Waals surface area contributed by atoms with Crippen LogP contribution in [0.5, 0.6) is 0 Å². The van der Waals surface area contributed by atoms with Gasteiger partial charge in [-0.1, -0.05) is 0 Å². The molecule has 0 heterocycles. The summed E-state index contributed by atoms with van der Waals surface area (Å²) in [5.74, 6) is -0.680. The molecular weight excluding hydrogens is 194 g/mol. The molecule has 0 bridgehead atoms. The average Bonchev–Trinajstić information content (AvgIpc) is 2.02. The van der Waals surface area contributed by atoms with Gasteiger partial charge in [0.1, 0.15) is 6.04 Å². The molecular formula is C7H15NO4S. The summed E-state index contributed by atoms with van der Waals surface area (Å²) >= 11 is 0. The summed E-state index contributed by atoms with van der Waals surface area (Å²) in [6, 6.07) is -1.11. The van der Waals surface area contributed by atoms with E-state index >= 15 is 0 Å². The lowest BCUT2D eigenvalue weighted by atomic mass is 10.2. The van der Waals surface area contributed by atoms with Crippen molar-refractivity contribution in [2.24, 2.45) is 5.73 Å². The molecule has 0 aromatic heterocycles. The molecule has 0 aromatic rings. The molecule has 0 saturated carbocycles. The minimum Gasteiger partial charge on any atom is -0.465 e. The van der Waals surface area contributed by atoms with E-state index in [-0.39, 0.29) is 12.4 Å². The SMILES string of the molecule is CCOC(=O)C(N)C(O)CS(C)=O. The van der Waals surface area contributed by atoms with E-state index in [1.54, 1.807) is 6.92 Å². The Morgan fingerprint density at radius 3 is 2.62 bits per heavy atom. The monoisotopic (exact) mass is 209 g/mol. The molecule has 0 aliphatic rings. The molecule has 0 spiro atoms. The van der Waals surface area contributed by atoms with Crippen LogP contribution in [-0.2, 0) is 20.3 Å². The van der Waals surface area contributed by atoms with Gasteiger partial charge in [-0.05, 0) is 6.92 Å². The number of ether oxygens (including phenoxy) is 1. The van der Waals surface area contributed by atoms with Crippen molar-refractivity contribution in [2.75, 3.05) is 18.6 Å². The highest BCUT2D eigenvalue weighted by Crippen LogP contribution is 1.96. The van der Waals surface area contributed by atoms with Crippen molar-refractivity contribution >= 4 is 16.8 Å². The molecule has 0 fully saturated rings. The van der Waals surface area contributed by atoms with Crippen molar-refractivity contribution in [3.05, 3.63) is 0 Å². The zero-order chi connectivity index (χ0) is 10.4. The van der Waals surface area contributed by atoms with Crippen LogP contribution in [-0.4, -0.2) is 46.0 Å². The maximum Gasteiger partial charge on any atom is 0.325 e. The van der Waals surface area contributed by atoms with Gasteiger partial charge < -0.3 is 15.6 Å². The zero-order valence-corrected chi connectivity index (χ0v) is 8.54. The van der Waals surface area contributed by atoms with Crippen molar-refractivity contribution < 1.29 is 18.8 Å². The summed E-state index contributed by atoms with van der Waals surface area (Å²) in [7, 11) is -1.17. The van der Waals surface area contributed by atoms with Crippen LogP contribution in [0.3, 0.4) is 0 Å². The standard InChI is InChI=1S/C7H15NO4S/c1-3-12-7(10)6(8)5(9)4-13(2)11/h5-6,9H,3-4,8H2,1-2H3. The molecule has 78 valence electrons. The van der Waals surface area contributed by atoms with Crippen LogP contribution < -0.4 is 5.73 Å². The highest BCUT2D eigenvalue weighted by Gasteiger charge is 2.24. The predicted molar refractivity (Wildman–Crippen MR) is 49.5 cm³/mol. The first kappa shape index (κ1) is 12.5. The Labute approximate surface area is 79.7 Å². The Morgan fingerprint density at radius 1 is 1.69 bits per heavy atom. The van der Waals surface area contributed by atoms with E-state index in [4.69, 9.17) is 5.73 Å². The van der Waals surface area contributed by atoms with Gasteiger partial charge in [0.2, 0.25) is 0 Å². The van der Waals surface area contributed by atoms with Gasteiger partial charge in [-0.2, -0.15) is 0 Å². The van der Waals surface area contributed by atoms with Gasteiger partial charge in [-0.15, -0.1) is 0 Å². The summed E-state index contributed by atoms with van der Waals surface area (Å²) in [4.78, 5) is 11.0. The highest BCUT2D eigenvalue weighted by molar-refractivity contribution is 7.84. The second-order valence-corrected chi connectivity index (χ2v) is 4.06. The number of carbonyl (C=O) groups is 1. The zero-order valence-electron chi connectivity index (χ0n) is 7.73. The van der Waals surface area contributed by atoms with Crippen LogP contribution in [0.2, 0.25) is 0 Å². The molecule has 0 aliphatic heterocycles. The maximum atomic E-state index is 11.0. The number of nitrogens with two attached hydrogens (primary N) is 1. The lowest BCUT2D eigenvalue weighted by Crippen LogP contribution is -2.45. The number of hydrogen-bond donors (Lipinski definition) is 2. The minimum atomic E-state index is -1.17. The molecule has 5 nitrogen and oxygen atoms in total. The summed E-state index contributed by atoms with van der Waals surface area (Å²) in [6.45, 7) is 1.86. The Balaban J connectivity index is 4.00. The van der Waals surface area contributed by atoms with Crippen molar-refractivity contribution in [1.82, 2.24) is 0 Å². The van der Waals surface area contributed by atoms with Crippen LogP contribution in [0, 0.1) is 0 Å². The van der Waals surface area contributed by atoms with E-state index in [2.05, 4.69) is 4.74 Å². The summed E-state index contributed by atoms with van der Waals surface area (Å²) in [6.07, 6.45) is 0.325. The van der Waals surface area contributed by atoms with Crippen molar-refractivity contribution in [3.63, 3.8) is 0 Å². The van der Waals surface area contributed by atoms with Gasteiger partial charge in [0, 0.05) is 17.1 Å². The van der Waals surface area contributed by atoms with Gasteiger partial charge in [0.15, 0.2) is 0 Å². The quantitative estimate of drug-likeness (QED) is 0.544. The summed E-state index contributed by atoms with van der Waals surface area (Å²) in [5, 5.41) is 9.27. The Bertz CT molecular complexity index is 197. The molecule has 0 aliphatic carbocycles. The molecule has 0 saturated heterocycles. The van der Waals surface area contributed by atoms with Crippen molar-refractivity contribution in [3.8, 4) is 0 Å². The molecule has 13 heavy (non-hydrogen) atoms. The fourth-order valence-corrected chi connectivity index (χ4v) is 1.43. The number of rotatable bonds is 5. The first-order valence-corrected chi connectivity index (χ1v) is 5.62. The molecule has 3 unspecified atom stereocenters. The summed E-state index contributed by atoms with van der Waals surface area (Å²) < 4.78 is 15.3. The van der Waals surface area contributed by atoms with Gasteiger partial charge in [-0.3, -0.25) is 9.00 Å². The van der Waals surface area contributed by atoms with Crippen LogP contribution in [0.4, 0.5) is 0 Å². The average molecular weight is 209 g/mol. The number of carbonyl (C=O) groups excluding carboxylic acids is 1. The van der Waals surface area contributed by atoms with E-state index in [1.165, 1.54) is 6.26 Å². The largest absolute Gasteiger partial charge is 0.465 e. The summed E-state index contributed by atoms with van der Waals surface area (Å²) in [5.41, 5.74) is 5.34. The lowest BCUT2D eigenvalue weighted by molar-refractivity contribution is -0.147. The third kappa shape index (κ3) is 4.97. The highest BCUT2D eigenvalue weighted by atomic mass is 32.2. The lowest BCUT2D eigenvalue weighted by Gasteiger charge is -2.15. The first-order valence-electron chi connectivity index (χ1n) is 3.89. The van der Waals surface area contributed by atoms with E-state index in [1.807, 2.05) is 0 Å². The molecule has 3 N–H and O–H groups in total. The number of aliphatic hydroxyl groups excluding tert-OH is 1. The Morgan fingerprint density at radius 2 is 2.23 bits per heavy atom. The Hall–Kier alpha value is -0.460. The van der Waals surface area contributed by atoms with Crippen LogP contribution in [0.15, 0.2) is 0 Å². The van der Waals surface area contributed by atoms with Crippen molar-refractivity contribution in [2.45, 2.75) is 19.1 Å². The number of hydrogen-bond acceptors (Lipinski definition) is 5. The molecule has 0 rings (SSSR count). The van der Waals surface area contributed by atoms with Crippen LogP contribution >= 0.6 is 0 Å². The van der Waals surface area contributed by atoms with Gasteiger partial charge >= 0.3 is 5.97 Å². The van der Waals surface area contributed by atoms with E-state index in [0.717, 1.165) is 0 Å². The molecule has 0 radical (unpaired) electrons. The second-order valence-electron chi connectivity index (χ2n) is 2.59. The first-order chi connectivity index (χ1) is 5.99. The van der Waals surface area contributed by atoms with E-state index in [0.29, 0.717) is 0 Å². The predicted octanol–water partition coefficient (Wildman–Crippen LogP) is -1.38. The molecule has 6 heteroatoms. The van der Waals surface area contributed by atoms with Gasteiger partial charge in [0.25, 0.3) is 0 Å². The minimum absolute atomic E-state index is 0.0139. The Kier molecular flexibility index (Phi) is 5.85. The normalized spacial score (nSPS) is 17.5. The number of aliphatic hydroxyl groups is 1. The van der Waals surface area contributed by atoms with Gasteiger partial charge in [0.05, 0.1) is 18.5 Å². The topological polar surface area (TPSA) is 89.6 Å². The van der Waals surface area contributed by atoms with Crippen LogP contribution in [0.1, 0.15) is 6.92 Å². The van der Waals surface area contributed by atoms with Crippen LogP contribution in [0.25, 0.3) is 0 Å². The van der Waals surface area contributed by atoms with Crippen molar-refractivity contribution in [1.29, 1.82) is 0 Å². The molecule has 3 atom stereocenters. The maximum absolute atomic E-state index is 11.0. The van der Waals surface area contributed by atoms with E-state index < -0.39 is 28.9 Å². The third-order valence-corrected chi connectivity index (χ3v) is 2.19. The third-order valence-electron chi connectivity index (χ3n) is 1.38. The fraction of sp³-hybridized carbons (Fsp3) is 0.857. The number of esters is 1. The fourth-order valence-electron chi connectivity index (χ4n) is 0.740. The smallest absolute Gasteiger partial charge is 0.325 e. The van der Waals surface area contributed by atoms with Gasteiger partial charge in [-0.25, -0.2) is 0 Å². The van der Waals surface area contributed by atoms with E-state index in [9.17, 15) is 14.1 Å². The second kappa shape index (κ2) is 6.06. The molecule has 0 amide bonds.